The maximum absolute atomic E-state index is 13.4. The summed E-state index contributed by atoms with van der Waals surface area (Å²) in [5.41, 5.74) is 1.49. The number of ether oxygens (including phenoxy) is 1. The van der Waals surface area contributed by atoms with Crippen LogP contribution in [0.4, 0.5) is 21.6 Å². The summed E-state index contributed by atoms with van der Waals surface area (Å²) in [4.78, 5) is 20.0. The molecular formula is C18H16ClFN4O3. The molecule has 3 rings (SSSR count). The van der Waals surface area contributed by atoms with Crippen LogP contribution in [0.2, 0.25) is 5.02 Å². The van der Waals surface area contributed by atoms with Gasteiger partial charge >= 0.3 is 0 Å². The summed E-state index contributed by atoms with van der Waals surface area (Å²) >= 11 is 5.82. The summed E-state index contributed by atoms with van der Waals surface area (Å²) in [7, 11) is 0. The van der Waals surface area contributed by atoms with Gasteiger partial charge in [-0.3, -0.25) is 4.79 Å². The van der Waals surface area contributed by atoms with E-state index in [1.54, 1.807) is 12.1 Å². The second-order valence-corrected chi connectivity index (χ2v) is 5.89. The van der Waals surface area contributed by atoms with Crippen molar-refractivity contribution in [2.45, 2.75) is 6.92 Å². The molecule has 9 heteroatoms. The predicted molar refractivity (Wildman–Crippen MR) is 101 cm³/mol. The first kappa shape index (κ1) is 18.8. The number of amides is 1. The highest BCUT2D eigenvalue weighted by molar-refractivity contribution is 6.31. The summed E-state index contributed by atoms with van der Waals surface area (Å²) in [5, 5.41) is 15.2. The Morgan fingerprint density at radius 3 is 2.81 bits per heavy atom. The number of nitrogens with one attached hydrogen (secondary N) is 2. The van der Waals surface area contributed by atoms with Crippen LogP contribution in [0, 0.1) is 5.82 Å². The molecule has 140 valence electrons. The number of carbonyl (C=O) groups excluding carboxylic acids is 1. The smallest absolute Gasteiger partial charge is 0.250 e. The summed E-state index contributed by atoms with van der Waals surface area (Å²) in [6, 6.07) is 7.51. The van der Waals surface area contributed by atoms with E-state index in [0.717, 1.165) is 0 Å². The maximum Gasteiger partial charge on any atom is 0.250 e. The van der Waals surface area contributed by atoms with E-state index in [-0.39, 0.29) is 5.02 Å². The Morgan fingerprint density at radius 1 is 1.30 bits per heavy atom. The Bertz CT molecular complexity index is 1000. The third kappa shape index (κ3) is 4.24. The average Bonchev–Trinajstić information content (AvgIpc) is 2.66. The molecule has 0 saturated heterocycles. The molecule has 7 nitrogen and oxygen atoms in total. The number of aliphatic hydroxyl groups is 1. The van der Waals surface area contributed by atoms with Gasteiger partial charge < -0.3 is 20.5 Å². The summed E-state index contributed by atoms with van der Waals surface area (Å²) < 4.78 is 18.9. The minimum absolute atomic E-state index is 0.0205. The Hall–Kier alpha value is -2.97. The van der Waals surface area contributed by atoms with Gasteiger partial charge in [0, 0.05) is 17.1 Å². The Balaban J connectivity index is 2.06. The molecule has 0 atom stereocenters. The molecule has 0 aliphatic heterocycles. The van der Waals surface area contributed by atoms with Gasteiger partial charge in [0.1, 0.15) is 30.3 Å². The number of aromatic nitrogens is 2. The number of benzene rings is 2. The lowest BCUT2D eigenvalue weighted by molar-refractivity contribution is -0.118. The van der Waals surface area contributed by atoms with Gasteiger partial charge in [-0.25, -0.2) is 14.4 Å². The van der Waals surface area contributed by atoms with E-state index in [1.165, 1.54) is 24.5 Å². The first-order valence-corrected chi connectivity index (χ1v) is 8.44. The van der Waals surface area contributed by atoms with Crippen LogP contribution < -0.4 is 15.4 Å². The zero-order valence-corrected chi connectivity index (χ0v) is 15.0. The molecule has 27 heavy (non-hydrogen) atoms. The number of halogens is 2. The predicted octanol–water partition coefficient (Wildman–Crippen LogP) is 3.50. The number of anilines is 3. The van der Waals surface area contributed by atoms with Crippen LogP contribution in [0.1, 0.15) is 6.92 Å². The molecule has 1 aromatic heterocycles. The van der Waals surface area contributed by atoms with Crippen LogP contribution in [0.5, 0.6) is 5.75 Å². The van der Waals surface area contributed by atoms with Crippen LogP contribution in [0.3, 0.4) is 0 Å². The van der Waals surface area contributed by atoms with E-state index in [9.17, 15) is 9.18 Å². The van der Waals surface area contributed by atoms with Crippen LogP contribution >= 0.6 is 11.6 Å². The Kier molecular flexibility index (Phi) is 5.68. The van der Waals surface area contributed by atoms with Crippen molar-refractivity contribution >= 4 is 45.6 Å². The maximum atomic E-state index is 13.4. The Labute approximate surface area is 159 Å². The number of rotatable bonds is 6. The van der Waals surface area contributed by atoms with Crippen molar-refractivity contribution in [1.29, 1.82) is 0 Å². The SMILES string of the molecule is CCOc1cc2ncnc(Nc3ccc(F)c(Cl)c3)c2cc1NC(=O)CO. The quantitative estimate of drug-likeness (QED) is 0.596. The largest absolute Gasteiger partial charge is 0.492 e. The van der Waals surface area contributed by atoms with E-state index in [1.807, 2.05) is 6.92 Å². The first-order valence-electron chi connectivity index (χ1n) is 8.06. The molecule has 0 radical (unpaired) electrons. The molecule has 0 saturated carbocycles. The van der Waals surface area contributed by atoms with Crippen molar-refractivity contribution < 1.29 is 19.0 Å². The molecule has 1 heterocycles. The topological polar surface area (TPSA) is 96.4 Å². The van der Waals surface area contributed by atoms with Crippen molar-refractivity contribution in [3.8, 4) is 5.75 Å². The van der Waals surface area contributed by atoms with E-state index < -0.39 is 18.3 Å². The van der Waals surface area contributed by atoms with Gasteiger partial charge in [-0.15, -0.1) is 0 Å². The normalized spacial score (nSPS) is 10.7. The lowest BCUT2D eigenvalue weighted by Gasteiger charge is -2.14. The lowest BCUT2D eigenvalue weighted by Crippen LogP contribution is -2.16. The molecule has 0 unspecified atom stereocenters. The number of hydrogen-bond acceptors (Lipinski definition) is 6. The minimum atomic E-state index is -0.659. The summed E-state index contributed by atoms with van der Waals surface area (Å²) in [6.45, 7) is 1.54. The molecule has 0 aliphatic rings. The molecule has 1 amide bonds. The molecule has 0 aliphatic carbocycles. The lowest BCUT2D eigenvalue weighted by atomic mass is 10.1. The van der Waals surface area contributed by atoms with Gasteiger partial charge in [-0.05, 0) is 31.2 Å². The van der Waals surface area contributed by atoms with Crippen LogP contribution in [0.15, 0.2) is 36.7 Å². The monoisotopic (exact) mass is 390 g/mol. The number of aliphatic hydroxyl groups excluding tert-OH is 1. The van der Waals surface area contributed by atoms with E-state index >= 15 is 0 Å². The van der Waals surface area contributed by atoms with Crippen molar-refractivity contribution in [1.82, 2.24) is 9.97 Å². The van der Waals surface area contributed by atoms with E-state index in [0.29, 0.717) is 40.5 Å². The standard InChI is InChI=1S/C18H16ClFN4O3/c1-2-27-16-7-14-11(6-15(16)24-17(26)8-25)18(22-9-21-14)23-10-3-4-13(20)12(19)5-10/h3-7,9,25H,2,8H2,1H3,(H,24,26)(H,21,22,23). The highest BCUT2D eigenvalue weighted by atomic mass is 35.5. The van der Waals surface area contributed by atoms with Gasteiger partial charge in [0.15, 0.2) is 0 Å². The van der Waals surface area contributed by atoms with Crippen LogP contribution in [-0.2, 0) is 4.79 Å². The summed E-state index contributed by atoms with van der Waals surface area (Å²) in [5.74, 6) is -0.247. The molecule has 0 bridgehead atoms. The first-order chi connectivity index (χ1) is 13.0. The second-order valence-electron chi connectivity index (χ2n) is 5.48. The number of hydrogen-bond donors (Lipinski definition) is 3. The zero-order valence-electron chi connectivity index (χ0n) is 14.3. The number of carbonyl (C=O) groups is 1. The van der Waals surface area contributed by atoms with Gasteiger partial charge in [-0.1, -0.05) is 11.6 Å². The highest BCUT2D eigenvalue weighted by Crippen LogP contribution is 2.33. The molecule has 2 aromatic carbocycles. The van der Waals surface area contributed by atoms with Gasteiger partial charge in [0.05, 0.1) is 22.8 Å². The third-order valence-electron chi connectivity index (χ3n) is 3.64. The third-order valence-corrected chi connectivity index (χ3v) is 3.93. The van der Waals surface area contributed by atoms with Crippen LogP contribution in [0.25, 0.3) is 10.9 Å². The number of fused-ring (bicyclic) bond motifs is 1. The van der Waals surface area contributed by atoms with E-state index in [4.69, 9.17) is 21.4 Å². The molecule has 0 spiro atoms. The molecule has 3 aromatic rings. The molecule has 3 N–H and O–H groups in total. The second kappa shape index (κ2) is 8.15. The van der Waals surface area contributed by atoms with Gasteiger partial charge in [-0.2, -0.15) is 0 Å². The van der Waals surface area contributed by atoms with Crippen molar-refractivity contribution in [2.24, 2.45) is 0 Å². The van der Waals surface area contributed by atoms with E-state index in [2.05, 4.69) is 20.6 Å². The highest BCUT2D eigenvalue weighted by Gasteiger charge is 2.13. The van der Waals surface area contributed by atoms with Gasteiger partial charge in [0.25, 0.3) is 0 Å². The average molecular weight is 391 g/mol. The van der Waals surface area contributed by atoms with Crippen molar-refractivity contribution in [3.05, 3.63) is 47.5 Å². The zero-order chi connectivity index (χ0) is 19.4. The van der Waals surface area contributed by atoms with Crippen LogP contribution in [-0.4, -0.2) is 34.2 Å². The van der Waals surface area contributed by atoms with Gasteiger partial charge in [0.2, 0.25) is 5.91 Å². The minimum Gasteiger partial charge on any atom is -0.492 e. The number of nitrogens with zero attached hydrogens (tertiary/aromatic N) is 2. The van der Waals surface area contributed by atoms with Crippen molar-refractivity contribution in [2.75, 3.05) is 23.8 Å². The Morgan fingerprint density at radius 2 is 2.11 bits per heavy atom. The fourth-order valence-corrected chi connectivity index (χ4v) is 2.64. The fourth-order valence-electron chi connectivity index (χ4n) is 2.46. The summed E-state index contributed by atoms with van der Waals surface area (Å²) in [6.07, 6.45) is 1.37. The molecule has 0 fully saturated rings. The fraction of sp³-hybridized carbons (Fsp3) is 0.167. The molecular weight excluding hydrogens is 375 g/mol. The van der Waals surface area contributed by atoms with Crippen molar-refractivity contribution in [3.63, 3.8) is 0 Å².